The van der Waals surface area contributed by atoms with E-state index in [0.717, 1.165) is 35.5 Å². The molecule has 2 aromatic rings. The molecular formula is C10H15N5S. The number of hydrogen-bond acceptors (Lipinski definition) is 5. The van der Waals surface area contributed by atoms with Crippen LogP contribution in [0.15, 0.2) is 12.4 Å². The van der Waals surface area contributed by atoms with Gasteiger partial charge in [0.05, 0.1) is 6.42 Å². The second-order valence-electron chi connectivity index (χ2n) is 3.34. The van der Waals surface area contributed by atoms with E-state index in [1.165, 1.54) is 0 Å². The zero-order chi connectivity index (χ0) is 11.4. The molecule has 0 unspecified atom stereocenters. The first-order valence-electron chi connectivity index (χ1n) is 5.39. The Labute approximate surface area is 98.5 Å². The molecule has 0 aliphatic heterocycles. The van der Waals surface area contributed by atoms with Gasteiger partial charge in [-0.05, 0) is 13.8 Å². The van der Waals surface area contributed by atoms with Gasteiger partial charge in [0.15, 0.2) is 0 Å². The highest BCUT2D eigenvalue weighted by atomic mass is 32.1. The normalized spacial score (nSPS) is 10.6. The fourth-order valence-electron chi connectivity index (χ4n) is 1.48. The molecule has 16 heavy (non-hydrogen) atoms. The SMILES string of the molecule is CCNc1nnc(Cc2nccn2CC)s1. The first-order chi connectivity index (χ1) is 7.83. The lowest BCUT2D eigenvalue weighted by molar-refractivity contribution is 0.709. The average Bonchev–Trinajstić information content (AvgIpc) is 2.89. The number of anilines is 1. The summed E-state index contributed by atoms with van der Waals surface area (Å²) in [5.74, 6) is 1.04. The Balaban J connectivity index is 2.08. The summed E-state index contributed by atoms with van der Waals surface area (Å²) >= 11 is 1.59. The molecule has 0 aliphatic rings. The molecular weight excluding hydrogens is 222 g/mol. The molecule has 1 N–H and O–H groups in total. The Kier molecular flexibility index (Phi) is 3.51. The van der Waals surface area contributed by atoms with E-state index >= 15 is 0 Å². The summed E-state index contributed by atoms with van der Waals surface area (Å²) in [6.07, 6.45) is 4.57. The maximum Gasteiger partial charge on any atom is 0.205 e. The molecule has 0 radical (unpaired) electrons. The Bertz CT molecular complexity index is 448. The molecule has 0 atom stereocenters. The molecule has 0 fully saturated rings. The van der Waals surface area contributed by atoms with Crippen molar-refractivity contribution < 1.29 is 0 Å². The number of aromatic nitrogens is 4. The highest BCUT2D eigenvalue weighted by Gasteiger charge is 2.07. The van der Waals surface area contributed by atoms with Crippen molar-refractivity contribution in [2.24, 2.45) is 0 Å². The van der Waals surface area contributed by atoms with Gasteiger partial charge in [0.1, 0.15) is 10.8 Å². The summed E-state index contributed by atoms with van der Waals surface area (Å²) in [4.78, 5) is 4.32. The summed E-state index contributed by atoms with van der Waals surface area (Å²) in [5, 5.41) is 13.2. The second kappa shape index (κ2) is 5.07. The van der Waals surface area contributed by atoms with E-state index < -0.39 is 0 Å². The van der Waals surface area contributed by atoms with Gasteiger partial charge >= 0.3 is 0 Å². The Morgan fingerprint density at radius 1 is 1.38 bits per heavy atom. The number of aryl methyl sites for hydroxylation is 1. The van der Waals surface area contributed by atoms with Crippen LogP contribution in [0.25, 0.3) is 0 Å². The zero-order valence-corrected chi connectivity index (χ0v) is 10.3. The third kappa shape index (κ3) is 2.38. The van der Waals surface area contributed by atoms with E-state index in [1.54, 1.807) is 11.3 Å². The van der Waals surface area contributed by atoms with Gasteiger partial charge in [-0.15, -0.1) is 10.2 Å². The van der Waals surface area contributed by atoms with Crippen molar-refractivity contribution in [3.05, 3.63) is 23.2 Å². The van der Waals surface area contributed by atoms with Crippen molar-refractivity contribution in [3.8, 4) is 0 Å². The third-order valence-electron chi connectivity index (χ3n) is 2.25. The van der Waals surface area contributed by atoms with Crippen molar-refractivity contribution in [1.82, 2.24) is 19.7 Å². The van der Waals surface area contributed by atoms with Crippen molar-refractivity contribution in [2.45, 2.75) is 26.8 Å². The van der Waals surface area contributed by atoms with Gasteiger partial charge in [-0.25, -0.2) is 4.98 Å². The topological polar surface area (TPSA) is 55.6 Å². The van der Waals surface area contributed by atoms with Gasteiger partial charge in [-0.1, -0.05) is 11.3 Å². The Morgan fingerprint density at radius 3 is 3.00 bits per heavy atom. The number of imidazole rings is 1. The van der Waals surface area contributed by atoms with Crippen molar-refractivity contribution in [1.29, 1.82) is 0 Å². The molecule has 86 valence electrons. The first kappa shape index (κ1) is 11.1. The Morgan fingerprint density at radius 2 is 2.25 bits per heavy atom. The lowest BCUT2D eigenvalue weighted by atomic mass is 10.4. The fourth-order valence-corrected chi connectivity index (χ4v) is 2.28. The minimum absolute atomic E-state index is 0.754. The van der Waals surface area contributed by atoms with Crippen LogP contribution >= 0.6 is 11.3 Å². The molecule has 0 aromatic carbocycles. The van der Waals surface area contributed by atoms with Crippen LogP contribution in [-0.2, 0) is 13.0 Å². The van der Waals surface area contributed by atoms with Gasteiger partial charge in [0.25, 0.3) is 0 Å². The monoisotopic (exact) mass is 237 g/mol. The summed E-state index contributed by atoms with van der Waals surface area (Å²) in [5.41, 5.74) is 0. The molecule has 2 heterocycles. The third-order valence-corrected chi connectivity index (χ3v) is 3.13. The van der Waals surface area contributed by atoms with Crippen LogP contribution in [0.4, 0.5) is 5.13 Å². The molecule has 0 saturated heterocycles. The van der Waals surface area contributed by atoms with E-state index in [9.17, 15) is 0 Å². The van der Waals surface area contributed by atoms with Crippen LogP contribution in [0.5, 0.6) is 0 Å². The molecule has 0 spiro atoms. The van der Waals surface area contributed by atoms with Gasteiger partial charge in [-0.3, -0.25) is 0 Å². The van der Waals surface area contributed by atoms with E-state index in [-0.39, 0.29) is 0 Å². The number of nitrogens with one attached hydrogen (secondary N) is 1. The largest absolute Gasteiger partial charge is 0.360 e. The standard InChI is InChI=1S/C10H15N5S/c1-3-11-10-14-13-9(16-10)7-8-12-5-6-15(8)4-2/h5-6H,3-4,7H2,1-2H3,(H,11,14). The quantitative estimate of drug-likeness (QED) is 0.861. The minimum Gasteiger partial charge on any atom is -0.360 e. The van der Waals surface area contributed by atoms with Crippen LogP contribution < -0.4 is 5.32 Å². The Hall–Kier alpha value is -1.43. The van der Waals surface area contributed by atoms with E-state index in [4.69, 9.17) is 0 Å². The molecule has 0 amide bonds. The van der Waals surface area contributed by atoms with Gasteiger partial charge in [0.2, 0.25) is 5.13 Å². The first-order valence-corrected chi connectivity index (χ1v) is 6.21. The molecule has 0 saturated carbocycles. The zero-order valence-electron chi connectivity index (χ0n) is 9.47. The predicted octanol–water partition coefficient (Wildman–Crippen LogP) is 1.78. The van der Waals surface area contributed by atoms with Crippen molar-refractivity contribution in [2.75, 3.05) is 11.9 Å². The number of nitrogens with zero attached hydrogens (tertiary/aromatic N) is 4. The second-order valence-corrected chi connectivity index (χ2v) is 4.40. The van der Waals surface area contributed by atoms with Crippen LogP contribution in [0.3, 0.4) is 0 Å². The summed E-state index contributed by atoms with van der Waals surface area (Å²) in [7, 11) is 0. The fraction of sp³-hybridized carbons (Fsp3) is 0.500. The molecule has 0 bridgehead atoms. The van der Waals surface area contributed by atoms with E-state index in [2.05, 4.69) is 32.0 Å². The van der Waals surface area contributed by atoms with Crippen molar-refractivity contribution >= 4 is 16.5 Å². The molecule has 6 heteroatoms. The van der Waals surface area contributed by atoms with E-state index in [0.29, 0.717) is 0 Å². The summed E-state index contributed by atoms with van der Waals surface area (Å²) in [6.45, 7) is 5.96. The highest BCUT2D eigenvalue weighted by Crippen LogP contribution is 2.17. The van der Waals surface area contributed by atoms with E-state index in [1.807, 2.05) is 19.3 Å². The molecule has 0 aliphatic carbocycles. The van der Waals surface area contributed by atoms with Gasteiger partial charge < -0.3 is 9.88 Å². The lowest BCUT2D eigenvalue weighted by Gasteiger charge is -2.01. The van der Waals surface area contributed by atoms with Crippen LogP contribution in [-0.4, -0.2) is 26.3 Å². The summed E-state index contributed by atoms with van der Waals surface area (Å²) < 4.78 is 2.12. The van der Waals surface area contributed by atoms with Crippen LogP contribution in [0, 0.1) is 0 Å². The predicted molar refractivity (Wildman–Crippen MR) is 64.8 cm³/mol. The lowest BCUT2D eigenvalue weighted by Crippen LogP contribution is -2.01. The van der Waals surface area contributed by atoms with Crippen LogP contribution in [0.1, 0.15) is 24.7 Å². The smallest absolute Gasteiger partial charge is 0.205 e. The minimum atomic E-state index is 0.754. The van der Waals surface area contributed by atoms with Gasteiger partial charge in [0, 0.05) is 25.5 Å². The van der Waals surface area contributed by atoms with Gasteiger partial charge in [-0.2, -0.15) is 0 Å². The van der Waals surface area contributed by atoms with Crippen LogP contribution in [0.2, 0.25) is 0 Å². The summed E-state index contributed by atoms with van der Waals surface area (Å²) in [6, 6.07) is 0. The van der Waals surface area contributed by atoms with Crippen molar-refractivity contribution in [3.63, 3.8) is 0 Å². The average molecular weight is 237 g/mol. The molecule has 5 nitrogen and oxygen atoms in total. The number of hydrogen-bond donors (Lipinski definition) is 1. The molecule has 2 rings (SSSR count). The maximum absolute atomic E-state index is 4.32. The number of rotatable bonds is 5. The molecule has 2 aromatic heterocycles. The highest BCUT2D eigenvalue weighted by molar-refractivity contribution is 7.15. The maximum atomic E-state index is 4.32.